The molecule has 0 aliphatic carbocycles. The molecule has 0 saturated carbocycles. The molecule has 3 rings (SSSR count). The summed E-state index contributed by atoms with van der Waals surface area (Å²) in [5, 5.41) is 11.9. The molecule has 0 N–H and O–H groups in total. The first kappa shape index (κ1) is 24.7. The number of allylic oxidation sites excluding steroid dienone is 1. The predicted octanol–water partition coefficient (Wildman–Crippen LogP) is 4.88. The summed E-state index contributed by atoms with van der Waals surface area (Å²) < 4.78 is 11.2. The number of methoxy groups -OCH3 is 1. The average Bonchev–Trinajstić information content (AvgIpc) is 2.86. The van der Waals surface area contributed by atoms with E-state index in [-0.39, 0.29) is 30.2 Å². The average molecular weight is 465 g/mol. The number of nitro groups is 1. The highest BCUT2D eigenvalue weighted by molar-refractivity contribution is 6.00. The molecule has 1 unspecified atom stereocenters. The topological polar surface area (TPSA) is 99.0 Å². The maximum atomic E-state index is 13.5. The van der Waals surface area contributed by atoms with Gasteiger partial charge in [-0.15, -0.1) is 0 Å². The van der Waals surface area contributed by atoms with Crippen molar-refractivity contribution in [2.75, 3.05) is 13.7 Å². The minimum Gasteiger partial charge on any atom is -0.493 e. The quantitative estimate of drug-likeness (QED) is 0.298. The van der Waals surface area contributed by atoms with Crippen molar-refractivity contribution in [1.29, 1.82) is 0 Å². The molecule has 0 bridgehead atoms. The van der Waals surface area contributed by atoms with Gasteiger partial charge in [0.05, 0.1) is 24.1 Å². The third-order valence-corrected chi connectivity index (χ3v) is 5.72. The van der Waals surface area contributed by atoms with E-state index in [1.54, 1.807) is 0 Å². The standard InChI is InChI=1S/C26H28N2O6/c1-4-5-11-20-15-27(21(16-29)12-18(20)2)26(30)22-13-24(33-3)25(14-23(22)28(31)32)34-17-19-9-7-6-8-10-19/h5-11,13-14,16,21H,4,12,15,17H2,1-3H3/b11-5-. The molecular weight excluding hydrogens is 436 g/mol. The highest BCUT2D eigenvalue weighted by Crippen LogP contribution is 2.37. The van der Waals surface area contributed by atoms with Crippen molar-refractivity contribution < 1.29 is 24.0 Å². The summed E-state index contributed by atoms with van der Waals surface area (Å²) in [5.41, 5.74) is 2.26. The number of ether oxygens (including phenoxy) is 2. The zero-order chi connectivity index (χ0) is 24.7. The van der Waals surface area contributed by atoms with E-state index in [1.165, 1.54) is 24.1 Å². The molecule has 2 aromatic rings. The molecule has 1 atom stereocenters. The molecule has 1 amide bonds. The Labute approximate surface area is 198 Å². The lowest BCUT2D eigenvalue weighted by atomic mass is 9.94. The third-order valence-electron chi connectivity index (χ3n) is 5.72. The monoisotopic (exact) mass is 464 g/mol. The van der Waals surface area contributed by atoms with Crippen LogP contribution < -0.4 is 9.47 Å². The second kappa shape index (κ2) is 11.3. The SMILES string of the molecule is CC/C=C\C1=C(C)CC(C=O)N(C(=O)c2cc(OC)c(OCc3ccccc3)cc2[N+](=O)[O-])C1. The van der Waals surface area contributed by atoms with Crippen molar-refractivity contribution in [3.63, 3.8) is 0 Å². The van der Waals surface area contributed by atoms with E-state index >= 15 is 0 Å². The lowest BCUT2D eigenvalue weighted by Crippen LogP contribution is -2.45. The first-order chi connectivity index (χ1) is 16.4. The van der Waals surface area contributed by atoms with Gasteiger partial charge in [-0.25, -0.2) is 0 Å². The lowest BCUT2D eigenvalue weighted by Gasteiger charge is -2.34. The van der Waals surface area contributed by atoms with Gasteiger partial charge in [0.15, 0.2) is 11.5 Å². The van der Waals surface area contributed by atoms with Crippen molar-refractivity contribution in [3.05, 3.63) is 87.0 Å². The Kier molecular flexibility index (Phi) is 8.19. The number of rotatable bonds is 9. The Hall–Kier alpha value is -3.94. The zero-order valence-electron chi connectivity index (χ0n) is 19.5. The second-order valence-electron chi connectivity index (χ2n) is 8.01. The van der Waals surface area contributed by atoms with Gasteiger partial charge in [0, 0.05) is 12.6 Å². The number of hydrogen-bond acceptors (Lipinski definition) is 6. The summed E-state index contributed by atoms with van der Waals surface area (Å²) in [6.45, 7) is 4.30. The van der Waals surface area contributed by atoms with E-state index in [1.807, 2.05) is 56.3 Å². The maximum Gasteiger partial charge on any atom is 0.286 e. The zero-order valence-corrected chi connectivity index (χ0v) is 19.5. The Morgan fingerprint density at radius 3 is 2.59 bits per heavy atom. The number of amides is 1. The molecule has 34 heavy (non-hydrogen) atoms. The van der Waals surface area contributed by atoms with Gasteiger partial charge in [-0.3, -0.25) is 14.9 Å². The van der Waals surface area contributed by atoms with E-state index in [4.69, 9.17) is 9.47 Å². The molecule has 0 radical (unpaired) electrons. The van der Waals surface area contributed by atoms with Gasteiger partial charge in [0.25, 0.3) is 11.6 Å². The van der Waals surface area contributed by atoms with Crippen molar-refractivity contribution in [3.8, 4) is 11.5 Å². The van der Waals surface area contributed by atoms with Crippen LogP contribution in [0.4, 0.5) is 5.69 Å². The number of hydrogen-bond donors (Lipinski definition) is 0. The smallest absolute Gasteiger partial charge is 0.286 e. The van der Waals surface area contributed by atoms with Crippen LogP contribution >= 0.6 is 0 Å². The molecule has 0 fully saturated rings. The summed E-state index contributed by atoms with van der Waals surface area (Å²) in [6.07, 6.45) is 5.83. The van der Waals surface area contributed by atoms with Gasteiger partial charge in [-0.2, -0.15) is 0 Å². The molecule has 0 spiro atoms. The van der Waals surface area contributed by atoms with Crippen LogP contribution in [0.5, 0.6) is 11.5 Å². The van der Waals surface area contributed by atoms with Crippen LogP contribution in [-0.4, -0.2) is 41.7 Å². The summed E-state index contributed by atoms with van der Waals surface area (Å²) >= 11 is 0. The van der Waals surface area contributed by atoms with Crippen molar-refractivity contribution >= 4 is 17.9 Å². The van der Waals surface area contributed by atoms with Crippen LogP contribution in [0.25, 0.3) is 0 Å². The maximum absolute atomic E-state index is 13.5. The molecule has 1 heterocycles. The van der Waals surface area contributed by atoms with E-state index in [2.05, 4.69) is 0 Å². The molecule has 1 aliphatic rings. The fourth-order valence-corrected chi connectivity index (χ4v) is 3.82. The fraction of sp³-hybridized carbons (Fsp3) is 0.308. The van der Waals surface area contributed by atoms with Crippen LogP contribution in [0, 0.1) is 10.1 Å². The van der Waals surface area contributed by atoms with Gasteiger partial charge in [-0.05, 0) is 30.9 Å². The summed E-state index contributed by atoms with van der Waals surface area (Å²) in [7, 11) is 1.40. The minimum absolute atomic E-state index is 0.154. The van der Waals surface area contributed by atoms with Crippen LogP contribution in [0.2, 0.25) is 0 Å². The number of nitrogens with zero attached hydrogens (tertiary/aromatic N) is 2. The molecular formula is C26H28N2O6. The van der Waals surface area contributed by atoms with Crippen LogP contribution in [0.1, 0.15) is 42.6 Å². The highest BCUT2D eigenvalue weighted by Gasteiger charge is 2.34. The molecule has 0 aromatic heterocycles. The van der Waals surface area contributed by atoms with Gasteiger partial charge in [0.2, 0.25) is 0 Å². The van der Waals surface area contributed by atoms with Crippen LogP contribution in [0.15, 0.2) is 65.8 Å². The first-order valence-corrected chi connectivity index (χ1v) is 11.0. The Balaban J connectivity index is 1.97. The number of aldehydes is 1. The summed E-state index contributed by atoms with van der Waals surface area (Å²) in [5.74, 6) is -0.253. The molecule has 178 valence electrons. The Morgan fingerprint density at radius 1 is 1.24 bits per heavy atom. The van der Waals surface area contributed by atoms with Crippen molar-refractivity contribution in [2.45, 2.75) is 39.3 Å². The fourth-order valence-electron chi connectivity index (χ4n) is 3.82. The van der Waals surface area contributed by atoms with Crippen LogP contribution in [-0.2, 0) is 11.4 Å². The predicted molar refractivity (Wildman–Crippen MR) is 128 cm³/mol. The van der Waals surface area contributed by atoms with Gasteiger partial charge in [-0.1, -0.05) is 55.0 Å². The lowest BCUT2D eigenvalue weighted by molar-refractivity contribution is -0.385. The van der Waals surface area contributed by atoms with E-state index < -0.39 is 22.6 Å². The highest BCUT2D eigenvalue weighted by atomic mass is 16.6. The summed E-state index contributed by atoms with van der Waals surface area (Å²) in [6, 6.07) is 11.2. The largest absolute Gasteiger partial charge is 0.493 e. The molecule has 2 aromatic carbocycles. The summed E-state index contributed by atoms with van der Waals surface area (Å²) in [4.78, 5) is 37.9. The number of nitro benzene ring substituents is 1. The van der Waals surface area contributed by atoms with Crippen LogP contribution in [0.3, 0.4) is 0 Å². The molecule has 0 saturated heterocycles. The number of carbonyl (C=O) groups excluding carboxylic acids is 2. The van der Waals surface area contributed by atoms with Crippen molar-refractivity contribution in [2.24, 2.45) is 0 Å². The normalized spacial score (nSPS) is 16.0. The first-order valence-electron chi connectivity index (χ1n) is 11.0. The Morgan fingerprint density at radius 2 is 1.97 bits per heavy atom. The molecule has 8 nitrogen and oxygen atoms in total. The number of benzene rings is 2. The van der Waals surface area contributed by atoms with Gasteiger partial charge < -0.3 is 19.2 Å². The molecule has 8 heteroatoms. The van der Waals surface area contributed by atoms with E-state index in [0.29, 0.717) is 12.7 Å². The Bertz CT molecular complexity index is 1120. The van der Waals surface area contributed by atoms with Gasteiger partial charge >= 0.3 is 0 Å². The third kappa shape index (κ3) is 5.51. The number of carbonyl (C=O) groups is 2. The molecule has 1 aliphatic heterocycles. The van der Waals surface area contributed by atoms with E-state index in [0.717, 1.165) is 23.1 Å². The van der Waals surface area contributed by atoms with Crippen molar-refractivity contribution in [1.82, 2.24) is 4.90 Å². The minimum atomic E-state index is -0.703. The van der Waals surface area contributed by atoms with E-state index in [9.17, 15) is 19.7 Å². The van der Waals surface area contributed by atoms with Gasteiger partial charge in [0.1, 0.15) is 18.5 Å². The second-order valence-corrected chi connectivity index (χ2v) is 8.01.